The number of benzene rings is 1. The van der Waals surface area contributed by atoms with E-state index in [1.165, 1.54) is 0 Å². The van der Waals surface area contributed by atoms with Crippen LogP contribution in [-0.4, -0.2) is 27.4 Å². The number of likely N-dealkylation sites (tertiary alicyclic amines) is 1. The highest BCUT2D eigenvalue weighted by Crippen LogP contribution is 2.36. The number of aliphatic carboxylic acids is 1. The quantitative estimate of drug-likeness (QED) is 0.887. The predicted octanol–water partition coefficient (Wildman–Crippen LogP) is 1.90. The number of carbonyl (C=O) groups is 2. The molecule has 1 fully saturated rings. The van der Waals surface area contributed by atoms with Gasteiger partial charge in [-0.3, -0.25) is 9.59 Å². The minimum absolute atomic E-state index is 0.0868. The van der Waals surface area contributed by atoms with Crippen LogP contribution >= 0.6 is 0 Å². The molecule has 2 rings (SSSR count). The summed E-state index contributed by atoms with van der Waals surface area (Å²) < 4.78 is 0. The molecule has 1 aliphatic heterocycles. The fraction of sp³-hybridized carbons (Fsp3) is 0.429. The lowest BCUT2D eigenvalue weighted by atomic mass is 9.88. The topological polar surface area (TPSA) is 57.6 Å². The molecule has 1 amide bonds. The number of carbonyl (C=O) groups excluding carboxylic acids is 1. The molecule has 1 N–H and O–H groups in total. The molecule has 1 aliphatic rings. The molecule has 4 heteroatoms. The smallest absolute Gasteiger partial charge is 0.309 e. The number of rotatable bonds is 3. The number of hydrogen-bond acceptors (Lipinski definition) is 2. The molecule has 18 heavy (non-hydrogen) atoms. The van der Waals surface area contributed by atoms with E-state index >= 15 is 0 Å². The van der Waals surface area contributed by atoms with Crippen LogP contribution in [0.5, 0.6) is 0 Å². The first-order chi connectivity index (χ1) is 8.43. The highest BCUT2D eigenvalue weighted by molar-refractivity contribution is 5.88. The van der Waals surface area contributed by atoms with Crippen molar-refractivity contribution in [3.05, 3.63) is 35.9 Å². The Balaban J connectivity index is 2.23. The Labute approximate surface area is 106 Å². The van der Waals surface area contributed by atoms with Crippen molar-refractivity contribution < 1.29 is 14.7 Å². The summed E-state index contributed by atoms with van der Waals surface area (Å²) in [4.78, 5) is 24.8. The summed E-state index contributed by atoms with van der Waals surface area (Å²) in [5, 5.41) is 9.17. The molecule has 0 aliphatic carbocycles. The molecule has 1 aromatic rings. The summed E-state index contributed by atoms with van der Waals surface area (Å²) in [5.74, 6) is -1.62. The standard InChI is InChI=1S/C14H17NO3/c1-14(2)11(13(17)18)8-12(16)15(14)9-10-6-4-3-5-7-10/h3-7,11H,8-9H2,1-2H3,(H,17,18). The number of nitrogens with zero attached hydrogens (tertiary/aromatic N) is 1. The zero-order valence-corrected chi connectivity index (χ0v) is 10.6. The Bertz CT molecular complexity index is 467. The van der Waals surface area contributed by atoms with Crippen molar-refractivity contribution >= 4 is 11.9 Å². The lowest BCUT2D eigenvalue weighted by Gasteiger charge is -2.34. The number of carboxylic acid groups (broad SMARTS) is 1. The molecule has 0 saturated carbocycles. The van der Waals surface area contributed by atoms with Crippen molar-refractivity contribution in [2.24, 2.45) is 5.92 Å². The lowest BCUT2D eigenvalue weighted by Crippen LogP contribution is -2.45. The third-order valence-corrected chi connectivity index (χ3v) is 3.71. The second-order valence-electron chi connectivity index (χ2n) is 5.21. The summed E-state index contributed by atoms with van der Waals surface area (Å²) in [5.41, 5.74) is 0.378. The van der Waals surface area contributed by atoms with Gasteiger partial charge < -0.3 is 10.0 Å². The van der Waals surface area contributed by atoms with E-state index in [0.717, 1.165) is 5.56 Å². The molecule has 1 saturated heterocycles. The summed E-state index contributed by atoms with van der Waals surface area (Å²) >= 11 is 0. The Morgan fingerprint density at radius 2 is 2.00 bits per heavy atom. The van der Waals surface area contributed by atoms with Gasteiger partial charge in [0.1, 0.15) is 0 Å². The van der Waals surface area contributed by atoms with Gasteiger partial charge in [0.15, 0.2) is 0 Å². The van der Waals surface area contributed by atoms with Gasteiger partial charge in [-0.1, -0.05) is 30.3 Å². The van der Waals surface area contributed by atoms with Gasteiger partial charge in [0.05, 0.1) is 11.5 Å². The highest BCUT2D eigenvalue weighted by atomic mass is 16.4. The van der Waals surface area contributed by atoms with E-state index in [1.807, 2.05) is 44.2 Å². The van der Waals surface area contributed by atoms with Crippen molar-refractivity contribution in [2.45, 2.75) is 32.4 Å². The minimum Gasteiger partial charge on any atom is -0.481 e. The largest absolute Gasteiger partial charge is 0.481 e. The normalized spacial score (nSPS) is 22.2. The summed E-state index contributed by atoms with van der Waals surface area (Å²) in [7, 11) is 0. The van der Waals surface area contributed by atoms with Crippen molar-refractivity contribution in [3.63, 3.8) is 0 Å². The van der Waals surface area contributed by atoms with Crippen molar-refractivity contribution in [2.75, 3.05) is 0 Å². The number of carboxylic acids is 1. The van der Waals surface area contributed by atoms with E-state index in [2.05, 4.69) is 0 Å². The molecule has 0 aromatic heterocycles. The molecule has 0 bridgehead atoms. The number of amides is 1. The number of hydrogen-bond donors (Lipinski definition) is 1. The minimum atomic E-state index is -0.899. The van der Waals surface area contributed by atoms with Gasteiger partial charge in [0, 0.05) is 13.0 Å². The first-order valence-electron chi connectivity index (χ1n) is 6.00. The van der Waals surface area contributed by atoms with E-state index in [1.54, 1.807) is 4.90 Å². The van der Waals surface area contributed by atoms with E-state index in [0.29, 0.717) is 6.54 Å². The maximum absolute atomic E-state index is 12.0. The Hall–Kier alpha value is -1.84. The van der Waals surface area contributed by atoms with Gasteiger partial charge in [-0.2, -0.15) is 0 Å². The monoisotopic (exact) mass is 247 g/mol. The maximum atomic E-state index is 12.0. The summed E-state index contributed by atoms with van der Waals surface area (Å²) in [6.45, 7) is 4.11. The molecule has 1 aromatic carbocycles. The highest BCUT2D eigenvalue weighted by Gasteiger charge is 2.49. The Kier molecular flexibility index (Phi) is 3.11. The van der Waals surface area contributed by atoms with Crippen LogP contribution in [0.1, 0.15) is 25.8 Å². The predicted molar refractivity (Wildman–Crippen MR) is 66.8 cm³/mol. The summed E-state index contributed by atoms with van der Waals surface area (Å²) in [6.07, 6.45) is 0.0924. The van der Waals surface area contributed by atoms with Crippen molar-refractivity contribution in [1.82, 2.24) is 4.90 Å². The van der Waals surface area contributed by atoms with Gasteiger partial charge in [0.2, 0.25) is 5.91 Å². The van der Waals surface area contributed by atoms with Gasteiger partial charge in [0.25, 0.3) is 0 Å². The molecular formula is C14H17NO3. The van der Waals surface area contributed by atoms with Gasteiger partial charge in [-0.15, -0.1) is 0 Å². The first kappa shape index (κ1) is 12.6. The second kappa shape index (κ2) is 4.44. The van der Waals surface area contributed by atoms with Gasteiger partial charge in [-0.05, 0) is 19.4 Å². The Morgan fingerprint density at radius 1 is 1.39 bits per heavy atom. The van der Waals surface area contributed by atoms with E-state index in [-0.39, 0.29) is 12.3 Å². The van der Waals surface area contributed by atoms with Crippen LogP contribution in [0.3, 0.4) is 0 Å². The molecule has 1 unspecified atom stereocenters. The maximum Gasteiger partial charge on any atom is 0.309 e. The van der Waals surface area contributed by atoms with Crippen LogP contribution in [0.2, 0.25) is 0 Å². The van der Waals surface area contributed by atoms with E-state index in [9.17, 15) is 14.7 Å². The molecular weight excluding hydrogens is 230 g/mol. The zero-order chi connectivity index (χ0) is 13.3. The van der Waals surface area contributed by atoms with Crippen LogP contribution in [0.25, 0.3) is 0 Å². The van der Waals surface area contributed by atoms with Crippen LogP contribution in [-0.2, 0) is 16.1 Å². The fourth-order valence-electron chi connectivity index (χ4n) is 2.49. The van der Waals surface area contributed by atoms with Crippen LogP contribution in [0, 0.1) is 5.92 Å². The fourth-order valence-corrected chi connectivity index (χ4v) is 2.49. The van der Waals surface area contributed by atoms with Crippen LogP contribution in [0.15, 0.2) is 30.3 Å². The SMILES string of the molecule is CC1(C)C(C(=O)O)CC(=O)N1Cc1ccccc1. The molecule has 4 nitrogen and oxygen atoms in total. The van der Waals surface area contributed by atoms with Crippen molar-refractivity contribution in [1.29, 1.82) is 0 Å². The zero-order valence-electron chi connectivity index (χ0n) is 10.6. The third-order valence-electron chi connectivity index (χ3n) is 3.71. The van der Waals surface area contributed by atoms with E-state index < -0.39 is 17.4 Å². The molecule has 96 valence electrons. The lowest BCUT2D eigenvalue weighted by molar-refractivity contribution is -0.144. The first-order valence-corrected chi connectivity index (χ1v) is 6.00. The van der Waals surface area contributed by atoms with Crippen molar-refractivity contribution in [3.8, 4) is 0 Å². The average Bonchev–Trinajstić information content (AvgIpc) is 2.54. The average molecular weight is 247 g/mol. The van der Waals surface area contributed by atoms with Gasteiger partial charge >= 0.3 is 5.97 Å². The van der Waals surface area contributed by atoms with Gasteiger partial charge in [-0.25, -0.2) is 0 Å². The van der Waals surface area contributed by atoms with E-state index in [4.69, 9.17) is 0 Å². The second-order valence-corrected chi connectivity index (χ2v) is 5.21. The van der Waals surface area contributed by atoms with Crippen LogP contribution < -0.4 is 0 Å². The summed E-state index contributed by atoms with van der Waals surface area (Å²) in [6, 6.07) is 9.63. The van der Waals surface area contributed by atoms with Crippen LogP contribution in [0.4, 0.5) is 0 Å². The Morgan fingerprint density at radius 3 is 2.50 bits per heavy atom. The molecule has 0 spiro atoms. The third kappa shape index (κ3) is 2.10. The molecule has 1 heterocycles. The molecule has 1 atom stereocenters. The molecule has 0 radical (unpaired) electrons.